The van der Waals surface area contributed by atoms with Crippen molar-refractivity contribution in [1.29, 1.82) is 0 Å². The number of furan rings is 2. The zero-order chi connectivity index (χ0) is 23.6. The fourth-order valence-electron chi connectivity index (χ4n) is 5.44. The molecule has 168 valence electrons. The predicted octanol–water partition coefficient (Wildman–Crippen LogP) is 9.97. The molecule has 0 aliphatic rings. The molecule has 0 bridgehead atoms. The van der Waals surface area contributed by atoms with E-state index >= 15 is 0 Å². The highest BCUT2D eigenvalue weighted by molar-refractivity contribution is 6.20. The van der Waals surface area contributed by atoms with Gasteiger partial charge in [0.1, 0.15) is 22.7 Å². The van der Waals surface area contributed by atoms with Crippen LogP contribution in [0.25, 0.3) is 76.9 Å². The maximum atomic E-state index is 6.29. The topological polar surface area (TPSA) is 26.3 Å². The Kier molecular flexibility index (Phi) is 3.97. The molecule has 0 unspecified atom stereocenters. The Morgan fingerprint density at radius 1 is 0.333 bits per heavy atom. The number of benzene rings is 6. The van der Waals surface area contributed by atoms with Crippen LogP contribution in [0.4, 0.5) is 0 Å². The second-order valence-electron chi connectivity index (χ2n) is 9.40. The van der Waals surface area contributed by atoms with Gasteiger partial charge >= 0.3 is 0 Å². The van der Waals surface area contributed by atoms with Gasteiger partial charge in [-0.3, -0.25) is 0 Å². The minimum absolute atomic E-state index is 0.894. The molecular formula is C34H20O2. The summed E-state index contributed by atoms with van der Waals surface area (Å²) in [6.45, 7) is 0. The minimum atomic E-state index is 0.894. The zero-order valence-electron chi connectivity index (χ0n) is 19.4. The van der Waals surface area contributed by atoms with E-state index in [2.05, 4.69) is 84.9 Å². The second kappa shape index (κ2) is 7.34. The van der Waals surface area contributed by atoms with Crippen LogP contribution in [-0.4, -0.2) is 0 Å². The van der Waals surface area contributed by atoms with Gasteiger partial charge < -0.3 is 8.83 Å². The normalized spacial score (nSPS) is 11.9. The van der Waals surface area contributed by atoms with Crippen molar-refractivity contribution in [2.75, 3.05) is 0 Å². The van der Waals surface area contributed by atoms with Crippen LogP contribution < -0.4 is 0 Å². The number of rotatable bonds is 2. The van der Waals surface area contributed by atoms with Crippen LogP contribution in [0.5, 0.6) is 0 Å². The first kappa shape index (κ1) is 19.5. The molecule has 0 radical (unpaired) electrons. The Balaban J connectivity index is 1.34. The summed E-state index contributed by atoms with van der Waals surface area (Å²) in [7, 11) is 0. The largest absolute Gasteiger partial charge is 0.456 e. The summed E-state index contributed by atoms with van der Waals surface area (Å²) < 4.78 is 12.6. The van der Waals surface area contributed by atoms with Gasteiger partial charge in [-0.15, -0.1) is 0 Å². The van der Waals surface area contributed by atoms with Crippen molar-refractivity contribution in [3.63, 3.8) is 0 Å². The Bertz CT molecular complexity index is 1920. The fraction of sp³-hybridized carbons (Fsp3) is 0. The molecule has 0 N–H and O–H groups in total. The van der Waals surface area contributed by atoms with Crippen LogP contribution in [-0.2, 0) is 0 Å². The van der Waals surface area contributed by atoms with E-state index in [1.165, 1.54) is 32.3 Å². The lowest BCUT2D eigenvalue weighted by atomic mass is 9.96. The number of hydrogen-bond acceptors (Lipinski definition) is 2. The van der Waals surface area contributed by atoms with Crippen LogP contribution in [0.2, 0.25) is 0 Å². The van der Waals surface area contributed by atoms with Crippen molar-refractivity contribution in [3.8, 4) is 22.6 Å². The summed E-state index contributed by atoms with van der Waals surface area (Å²) in [5, 5.41) is 9.48. The molecule has 0 aliphatic heterocycles. The molecule has 6 aromatic carbocycles. The highest BCUT2D eigenvalue weighted by Crippen LogP contribution is 2.38. The van der Waals surface area contributed by atoms with Gasteiger partial charge in [-0.1, -0.05) is 84.9 Å². The summed E-state index contributed by atoms with van der Waals surface area (Å²) in [5.41, 5.74) is 3.99. The molecule has 0 spiro atoms. The predicted molar refractivity (Wildman–Crippen MR) is 149 cm³/mol. The van der Waals surface area contributed by atoms with Crippen molar-refractivity contribution in [1.82, 2.24) is 0 Å². The monoisotopic (exact) mass is 460 g/mol. The lowest BCUT2D eigenvalue weighted by Gasteiger charge is -2.08. The van der Waals surface area contributed by atoms with Gasteiger partial charge in [0, 0.05) is 21.9 Å². The van der Waals surface area contributed by atoms with Crippen LogP contribution >= 0.6 is 0 Å². The van der Waals surface area contributed by atoms with E-state index in [9.17, 15) is 0 Å². The minimum Gasteiger partial charge on any atom is -0.456 e. The van der Waals surface area contributed by atoms with Crippen molar-refractivity contribution < 1.29 is 8.83 Å². The average Bonchev–Trinajstić information content (AvgIpc) is 3.55. The van der Waals surface area contributed by atoms with Gasteiger partial charge in [-0.05, 0) is 68.7 Å². The Labute approximate surface area is 207 Å². The molecular weight excluding hydrogens is 440 g/mol. The molecule has 2 heteroatoms. The first-order chi connectivity index (χ1) is 17.8. The summed E-state index contributed by atoms with van der Waals surface area (Å²) >= 11 is 0. The molecule has 0 amide bonds. The number of hydrogen-bond donors (Lipinski definition) is 0. The van der Waals surface area contributed by atoms with E-state index in [1.54, 1.807) is 0 Å². The number of fused-ring (bicyclic) bond motifs is 7. The summed E-state index contributed by atoms with van der Waals surface area (Å²) in [4.78, 5) is 0. The summed E-state index contributed by atoms with van der Waals surface area (Å²) in [6.07, 6.45) is 0. The smallest absolute Gasteiger partial charge is 0.135 e. The first-order valence-electron chi connectivity index (χ1n) is 12.2. The van der Waals surface area contributed by atoms with Gasteiger partial charge in [0.15, 0.2) is 0 Å². The van der Waals surface area contributed by atoms with Crippen molar-refractivity contribution in [2.24, 2.45) is 0 Å². The third kappa shape index (κ3) is 2.91. The van der Waals surface area contributed by atoms with Crippen molar-refractivity contribution in [3.05, 3.63) is 121 Å². The van der Waals surface area contributed by atoms with Gasteiger partial charge in [-0.2, -0.15) is 0 Å². The maximum absolute atomic E-state index is 6.29. The third-order valence-electron chi connectivity index (χ3n) is 7.22. The highest BCUT2D eigenvalue weighted by atomic mass is 16.3. The van der Waals surface area contributed by atoms with Crippen LogP contribution in [0.3, 0.4) is 0 Å². The Hall–Kier alpha value is -4.82. The summed E-state index contributed by atoms with van der Waals surface area (Å²) in [5.74, 6) is 1.79. The van der Waals surface area contributed by atoms with Crippen LogP contribution in [0.15, 0.2) is 130 Å². The van der Waals surface area contributed by atoms with E-state index < -0.39 is 0 Å². The molecule has 0 saturated heterocycles. The Morgan fingerprint density at radius 2 is 0.778 bits per heavy atom. The molecule has 2 aromatic heterocycles. The lowest BCUT2D eigenvalue weighted by Crippen LogP contribution is -1.81. The van der Waals surface area contributed by atoms with Gasteiger partial charge in [0.05, 0.1) is 0 Å². The van der Waals surface area contributed by atoms with E-state index in [0.29, 0.717) is 0 Å². The standard InChI is InChI=1S/C34H20O2/c1-3-7-21(8-4-1)31-17-25-15-23-11-13-28-27(29(23)19-33(25)35-31)14-12-24-16-26-18-32(22-9-5-2-6-10-22)36-34(26)20-30(24)28/h1-20H. The van der Waals surface area contributed by atoms with Crippen molar-refractivity contribution in [2.45, 2.75) is 0 Å². The molecule has 2 heterocycles. The average molecular weight is 461 g/mol. The zero-order valence-corrected chi connectivity index (χ0v) is 19.4. The van der Waals surface area contributed by atoms with E-state index in [0.717, 1.165) is 44.6 Å². The van der Waals surface area contributed by atoms with Gasteiger partial charge in [-0.25, -0.2) is 0 Å². The van der Waals surface area contributed by atoms with Crippen LogP contribution in [0.1, 0.15) is 0 Å². The highest BCUT2D eigenvalue weighted by Gasteiger charge is 2.13. The molecule has 8 aromatic rings. The quantitative estimate of drug-likeness (QED) is 0.240. The molecule has 0 atom stereocenters. The molecule has 2 nitrogen and oxygen atoms in total. The SMILES string of the molecule is c1ccc(-c2cc3cc4ccc5c6cc7oc(-c8ccccc8)cc7cc6ccc5c4cc3o2)cc1. The third-order valence-corrected chi connectivity index (χ3v) is 7.22. The van der Waals surface area contributed by atoms with E-state index in [1.807, 2.05) is 36.4 Å². The maximum Gasteiger partial charge on any atom is 0.135 e. The second-order valence-corrected chi connectivity index (χ2v) is 9.40. The lowest BCUT2D eigenvalue weighted by molar-refractivity contribution is 0.631. The van der Waals surface area contributed by atoms with Gasteiger partial charge in [0.2, 0.25) is 0 Å². The molecule has 8 rings (SSSR count). The van der Waals surface area contributed by atoms with Gasteiger partial charge in [0.25, 0.3) is 0 Å². The summed E-state index contributed by atoms with van der Waals surface area (Å²) in [6, 6.07) is 42.5. The Morgan fingerprint density at radius 3 is 1.22 bits per heavy atom. The first-order valence-corrected chi connectivity index (χ1v) is 12.2. The molecule has 36 heavy (non-hydrogen) atoms. The fourth-order valence-corrected chi connectivity index (χ4v) is 5.44. The van der Waals surface area contributed by atoms with E-state index in [-0.39, 0.29) is 0 Å². The van der Waals surface area contributed by atoms with Crippen LogP contribution in [0, 0.1) is 0 Å². The molecule has 0 aliphatic carbocycles. The molecule has 0 saturated carbocycles. The van der Waals surface area contributed by atoms with Crippen molar-refractivity contribution >= 4 is 54.3 Å². The molecule has 0 fully saturated rings. The van der Waals surface area contributed by atoms with E-state index in [4.69, 9.17) is 8.83 Å².